The number of carbonyl (C=O) groups is 1. The summed E-state index contributed by atoms with van der Waals surface area (Å²) >= 11 is 0. The number of H-pyrrole nitrogens is 1. The number of fused-ring (bicyclic) bond motifs is 5. The third-order valence-corrected chi connectivity index (χ3v) is 9.10. The van der Waals surface area contributed by atoms with Gasteiger partial charge in [-0.3, -0.25) is 4.79 Å². The maximum atomic E-state index is 15.7. The number of rotatable bonds is 4. The van der Waals surface area contributed by atoms with Crippen LogP contribution in [0.3, 0.4) is 0 Å². The Kier molecular flexibility index (Phi) is 5.62. The van der Waals surface area contributed by atoms with Crippen LogP contribution in [0.15, 0.2) is 35.5 Å². The molecule has 10 nitrogen and oxygen atoms in total. The van der Waals surface area contributed by atoms with E-state index in [2.05, 4.69) is 44.0 Å². The molecular formula is C30H29F2N7O3. The van der Waals surface area contributed by atoms with Crippen LogP contribution in [-0.4, -0.2) is 75.3 Å². The summed E-state index contributed by atoms with van der Waals surface area (Å²) in [4.78, 5) is 41.9. The third-order valence-electron chi connectivity index (χ3n) is 9.10. The number of aromatic carboxylic acids is 1. The highest BCUT2D eigenvalue weighted by Gasteiger charge is 2.50. The van der Waals surface area contributed by atoms with E-state index in [1.807, 2.05) is 0 Å². The lowest BCUT2D eigenvalue weighted by atomic mass is 9.85. The van der Waals surface area contributed by atoms with E-state index in [1.54, 1.807) is 32.6 Å². The number of likely N-dealkylation sites (N-methyl/N-ethyl adjacent to an activating group) is 1. The normalized spacial score (nSPS) is 20.7. The van der Waals surface area contributed by atoms with Crippen molar-refractivity contribution in [3.8, 4) is 11.1 Å². The van der Waals surface area contributed by atoms with Crippen LogP contribution in [0.25, 0.3) is 44.1 Å². The fourth-order valence-electron chi connectivity index (χ4n) is 7.13. The molecule has 1 aromatic carbocycles. The van der Waals surface area contributed by atoms with Gasteiger partial charge in [-0.15, -0.1) is 0 Å². The molecule has 0 saturated carbocycles. The Hall–Kier alpha value is -4.58. The zero-order chi connectivity index (χ0) is 29.7. The van der Waals surface area contributed by atoms with Crippen LogP contribution >= 0.6 is 0 Å². The Morgan fingerprint density at radius 3 is 2.71 bits per heavy atom. The van der Waals surface area contributed by atoms with Crippen molar-refractivity contribution >= 4 is 50.3 Å². The molecule has 2 saturated heterocycles. The second-order valence-corrected chi connectivity index (χ2v) is 11.8. The van der Waals surface area contributed by atoms with E-state index in [-0.39, 0.29) is 27.8 Å². The summed E-state index contributed by atoms with van der Waals surface area (Å²) in [5.41, 5.74) is 2.30. The third kappa shape index (κ3) is 3.57. The van der Waals surface area contributed by atoms with Crippen LogP contribution in [-0.2, 0) is 7.05 Å². The molecule has 2 fully saturated rings. The molecule has 2 aliphatic rings. The predicted octanol–water partition coefficient (Wildman–Crippen LogP) is 4.18. The number of hydrogen-bond acceptors (Lipinski definition) is 7. The molecule has 3 N–H and O–H groups in total. The number of benzene rings is 1. The second-order valence-electron chi connectivity index (χ2n) is 11.8. The molecule has 4 aromatic heterocycles. The van der Waals surface area contributed by atoms with Gasteiger partial charge in [-0.05, 0) is 19.5 Å². The van der Waals surface area contributed by atoms with Crippen molar-refractivity contribution in [1.29, 1.82) is 0 Å². The van der Waals surface area contributed by atoms with Crippen molar-refractivity contribution in [1.82, 2.24) is 24.4 Å². The van der Waals surface area contributed by atoms with Crippen molar-refractivity contribution in [2.45, 2.75) is 19.4 Å². The molecule has 216 valence electrons. The number of likely N-dealkylation sites (tertiary alicyclic amines) is 1. The van der Waals surface area contributed by atoms with Gasteiger partial charge in [0, 0.05) is 81.0 Å². The lowest BCUT2D eigenvalue weighted by molar-refractivity contribution is 0.0695. The summed E-state index contributed by atoms with van der Waals surface area (Å²) in [6.45, 7) is 4.64. The van der Waals surface area contributed by atoms with Crippen molar-refractivity contribution in [2.75, 3.05) is 43.9 Å². The van der Waals surface area contributed by atoms with Gasteiger partial charge in [-0.25, -0.2) is 23.5 Å². The lowest BCUT2D eigenvalue weighted by Gasteiger charge is -2.32. The van der Waals surface area contributed by atoms with Crippen LogP contribution in [0.1, 0.15) is 23.7 Å². The number of carboxylic acids is 1. The number of anilines is 2. The molecule has 0 amide bonds. The van der Waals surface area contributed by atoms with Crippen molar-refractivity contribution in [3.63, 3.8) is 0 Å². The first kappa shape index (κ1) is 26.3. The molecule has 2 atom stereocenters. The molecule has 7 rings (SSSR count). The van der Waals surface area contributed by atoms with E-state index in [4.69, 9.17) is 0 Å². The van der Waals surface area contributed by atoms with E-state index in [0.29, 0.717) is 51.2 Å². The standard InChI is InChI=1S/C30H29F2N7O3/c1-30-5-6-39(20(30)12-37(3)13-30)25-16(14-7-15-26(40)17(29(41)42)11-38(4)28(15)35-9-14)10-34-27-22(25)21-23(32)18(31)8-19(33-2)24(21)36-27/h7-11,20,33H,5-6,12-13H2,1-4H3,(H,34,36)(H,41,42)/t20-,30+/m1/s1. The topological polar surface area (TPSA) is 119 Å². The maximum Gasteiger partial charge on any atom is 0.341 e. The van der Waals surface area contributed by atoms with Gasteiger partial charge >= 0.3 is 5.97 Å². The number of aryl methyl sites for hydroxylation is 1. The number of pyridine rings is 3. The first-order valence-corrected chi connectivity index (χ1v) is 13.7. The quantitative estimate of drug-likeness (QED) is 0.293. The molecule has 12 heteroatoms. The summed E-state index contributed by atoms with van der Waals surface area (Å²) in [6, 6.07) is 2.83. The molecule has 2 aliphatic heterocycles. The number of aromatic amines is 1. The van der Waals surface area contributed by atoms with E-state index in [9.17, 15) is 19.1 Å². The Morgan fingerprint density at radius 1 is 1.19 bits per heavy atom. The largest absolute Gasteiger partial charge is 0.477 e. The minimum atomic E-state index is -1.33. The fraction of sp³-hybridized carbons (Fsp3) is 0.333. The monoisotopic (exact) mass is 573 g/mol. The van der Waals surface area contributed by atoms with Gasteiger partial charge in [0.25, 0.3) is 0 Å². The van der Waals surface area contributed by atoms with Gasteiger partial charge in [0.05, 0.1) is 33.1 Å². The van der Waals surface area contributed by atoms with Crippen LogP contribution in [0.5, 0.6) is 0 Å². The van der Waals surface area contributed by atoms with Crippen molar-refractivity contribution in [2.24, 2.45) is 12.5 Å². The van der Waals surface area contributed by atoms with Crippen LogP contribution in [0, 0.1) is 17.0 Å². The lowest BCUT2D eigenvalue weighted by Crippen LogP contribution is -2.38. The zero-order valence-corrected chi connectivity index (χ0v) is 23.5. The molecule has 0 spiro atoms. The van der Waals surface area contributed by atoms with Gasteiger partial charge in [-0.1, -0.05) is 6.92 Å². The minimum absolute atomic E-state index is 0.0123. The molecular weight excluding hydrogens is 544 g/mol. The molecule has 42 heavy (non-hydrogen) atoms. The smallest absolute Gasteiger partial charge is 0.341 e. The highest BCUT2D eigenvalue weighted by atomic mass is 19.2. The summed E-state index contributed by atoms with van der Waals surface area (Å²) in [5.74, 6) is -3.28. The van der Waals surface area contributed by atoms with Crippen LogP contribution in [0.2, 0.25) is 0 Å². The fourth-order valence-corrected chi connectivity index (χ4v) is 7.13. The average Bonchev–Trinajstić information content (AvgIpc) is 3.59. The summed E-state index contributed by atoms with van der Waals surface area (Å²) < 4.78 is 32.2. The Labute approximate surface area is 238 Å². The Balaban J connectivity index is 1.58. The maximum absolute atomic E-state index is 15.7. The first-order valence-electron chi connectivity index (χ1n) is 13.7. The number of aromatic nitrogens is 4. The second kappa shape index (κ2) is 8.96. The van der Waals surface area contributed by atoms with Gasteiger partial charge in [0.2, 0.25) is 5.43 Å². The molecule has 0 bridgehead atoms. The molecule has 0 aliphatic carbocycles. The minimum Gasteiger partial charge on any atom is -0.477 e. The summed E-state index contributed by atoms with van der Waals surface area (Å²) in [6.07, 6.45) is 5.42. The highest BCUT2D eigenvalue weighted by Crippen LogP contribution is 2.50. The number of nitrogens with zero attached hydrogens (tertiary/aromatic N) is 5. The van der Waals surface area contributed by atoms with E-state index >= 15 is 4.39 Å². The van der Waals surface area contributed by atoms with Crippen molar-refractivity contribution in [3.05, 3.63) is 58.1 Å². The number of carboxylic acid groups (broad SMARTS) is 1. The Bertz CT molecular complexity index is 2040. The SMILES string of the molecule is CNc1cc(F)c(F)c2c1[nH]c1ncc(-c3cnc4c(c3)c(=O)c(C(=O)O)cn4C)c(N3CC[C@@]4(C)CN(C)C[C@@H]34)c12. The van der Waals surface area contributed by atoms with Gasteiger partial charge in [0.15, 0.2) is 11.6 Å². The summed E-state index contributed by atoms with van der Waals surface area (Å²) in [7, 11) is 5.35. The highest BCUT2D eigenvalue weighted by molar-refractivity contribution is 6.18. The number of hydrogen-bond donors (Lipinski definition) is 3. The Morgan fingerprint density at radius 2 is 1.98 bits per heavy atom. The molecule has 5 aromatic rings. The molecule has 6 heterocycles. The van der Waals surface area contributed by atoms with E-state index in [1.165, 1.54) is 10.8 Å². The first-order chi connectivity index (χ1) is 20.0. The van der Waals surface area contributed by atoms with Gasteiger partial charge < -0.3 is 29.8 Å². The van der Waals surface area contributed by atoms with E-state index < -0.39 is 23.0 Å². The van der Waals surface area contributed by atoms with E-state index in [0.717, 1.165) is 25.6 Å². The van der Waals surface area contributed by atoms with Crippen molar-refractivity contribution < 1.29 is 18.7 Å². The predicted molar refractivity (Wildman–Crippen MR) is 157 cm³/mol. The van der Waals surface area contributed by atoms with Crippen LogP contribution < -0.4 is 15.6 Å². The van der Waals surface area contributed by atoms with Gasteiger partial charge in [0.1, 0.15) is 16.9 Å². The number of nitrogens with one attached hydrogen (secondary N) is 2. The average molecular weight is 574 g/mol. The zero-order valence-electron chi connectivity index (χ0n) is 23.5. The van der Waals surface area contributed by atoms with Gasteiger partial charge in [-0.2, -0.15) is 0 Å². The molecule has 0 unspecified atom stereocenters. The van der Waals surface area contributed by atoms with Crippen LogP contribution in [0.4, 0.5) is 20.2 Å². The summed E-state index contributed by atoms with van der Waals surface area (Å²) in [5, 5.41) is 13.2. The number of halogens is 2. The molecule has 0 radical (unpaired) electrons.